The number of rotatable bonds is 20. The number of phenols is 2. The monoisotopic (exact) mass is 466 g/mol. The Morgan fingerprint density at radius 2 is 1.09 bits per heavy atom. The largest absolute Gasteiger partial charge is 0.504 e. The van der Waals surface area contributed by atoms with Crippen LogP contribution in [0.5, 0.6) is 23.0 Å². The quantitative estimate of drug-likeness (QED) is 0.135. The van der Waals surface area contributed by atoms with Gasteiger partial charge in [0.25, 0.3) is 0 Å². The molecule has 0 saturated heterocycles. The number of carboxylic acids is 1. The van der Waals surface area contributed by atoms with Gasteiger partial charge in [0.1, 0.15) is 5.56 Å². The fourth-order valence-electron chi connectivity index (χ4n) is 3.97. The second kappa shape index (κ2) is 17.4. The first kappa shape index (κ1) is 28.9. The Labute approximate surface area is 200 Å². The molecule has 0 bridgehead atoms. The van der Waals surface area contributed by atoms with Gasteiger partial charge >= 0.3 is 5.97 Å². The predicted molar refractivity (Wildman–Crippen MR) is 133 cm³/mol. The van der Waals surface area contributed by atoms with Crippen LogP contribution in [0.15, 0.2) is 0 Å². The van der Waals surface area contributed by atoms with Gasteiger partial charge in [0.05, 0.1) is 13.2 Å². The maximum absolute atomic E-state index is 12.0. The lowest BCUT2D eigenvalue weighted by molar-refractivity contribution is 0.0690. The van der Waals surface area contributed by atoms with E-state index in [9.17, 15) is 20.1 Å². The molecule has 1 aromatic carbocycles. The Bertz CT molecular complexity index is 686. The molecule has 0 fully saturated rings. The van der Waals surface area contributed by atoms with E-state index >= 15 is 0 Å². The van der Waals surface area contributed by atoms with Crippen molar-refractivity contribution < 1.29 is 29.6 Å². The summed E-state index contributed by atoms with van der Waals surface area (Å²) in [6.45, 7) is 7.25. The average Bonchev–Trinajstić information content (AvgIpc) is 2.79. The molecule has 6 heteroatoms. The maximum atomic E-state index is 12.0. The molecule has 0 aliphatic heterocycles. The summed E-state index contributed by atoms with van der Waals surface area (Å²) in [5.41, 5.74) is 0.142. The zero-order chi connectivity index (χ0) is 24.5. The first-order valence-electron chi connectivity index (χ1n) is 13.1. The third kappa shape index (κ3) is 10.1. The van der Waals surface area contributed by atoms with Crippen molar-refractivity contribution in [2.45, 2.75) is 117 Å². The van der Waals surface area contributed by atoms with E-state index in [4.69, 9.17) is 9.47 Å². The zero-order valence-corrected chi connectivity index (χ0v) is 21.1. The van der Waals surface area contributed by atoms with Crippen LogP contribution in [-0.4, -0.2) is 34.5 Å². The van der Waals surface area contributed by atoms with Crippen LogP contribution in [-0.2, 0) is 6.42 Å². The number of aromatic hydroxyl groups is 2. The normalized spacial score (nSPS) is 11.0. The first-order chi connectivity index (χ1) is 16.0. The van der Waals surface area contributed by atoms with Crippen LogP contribution in [0.3, 0.4) is 0 Å². The molecule has 0 atom stereocenters. The highest BCUT2D eigenvalue weighted by molar-refractivity contribution is 5.96. The Hall–Kier alpha value is -2.11. The van der Waals surface area contributed by atoms with Gasteiger partial charge in [-0.2, -0.15) is 0 Å². The lowest BCUT2D eigenvalue weighted by Gasteiger charge is -2.21. The van der Waals surface area contributed by atoms with Crippen molar-refractivity contribution in [3.63, 3.8) is 0 Å². The van der Waals surface area contributed by atoms with Gasteiger partial charge in [0.15, 0.2) is 11.5 Å². The molecule has 0 amide bonds. The minimum absolute atomic E-state index is 0.0760. The number of unbranched alkanes of at least 4 members (excludes halogenated alkanes) is 11. The van der Waals surface area contributed by atoms with Crippen LogP contribution in [0.25, 0.3) is 0 Å². The molecule has 1 aromatic rings. The first-order valence-corrected chi connectivity index (χ1v) is 13.1. The maximum Gasteiger partial charge on any atom is 0.340 e. The molecule has 0 radical (unpaired) electrons. The van der Waals surface area contributed by atoms with E-state index in [0.29, 0.717) is 25.2 Å². The van der Waals surface area contributed by atoms with Crippen molar-refractivity contribution >= 4 is 5.97 Å². The number of carboxylic acid groups (broad SMARTS) is 1. The fraction of sp³-hybridized carbons (Fsp3) is 0.741. The lowest BCUT2D eigenvalue weighted by Crippen LogP contribution is -2.11. The Morgan fingerprint density at radius 1 is 0.636 bits per heavy atom. The number of carbonyl (C=O) groups is 1. The van der Waals surface area contributed by atoms with Gasteiger partial charge in [-0.1, -0.05) is 91.4 Å². The summed E-state index contributed by atoms with van der Waals surface area (Å²) in [6.07, 6.45) is 15.0. The summed E-state index contributed by atoms with van der Waals surface area (Å²) in [4.78, 5) is 12.0. The number of phenolic OH excluding ortho intramolecular Hbond substituents is 1. The molecule has 0 heterocycles. The number of aromatic carboxylic acids is 1. The summed E-state index contributed by atoms with van der Waals surface area (Å²) in [6, 6.07) is 0. The second-order valence-electron chi connectivity index (χ2n) is 8.85. The Balaban J connectivity index is 3.14. The SMILES string of the molecule is CCCCCCCOc1c(O)c(O)c(C(=O)O)c(CCCCCC)c1OCCCCCCC. The van der Waals surface area contributed by atoms with Gasteiger partial charge in [0, 0.05) is 5.56 Å². The molecule has 0 aliphatic carbocycles. The highest BCUT2D eigenvalue weighted by Crippen LogP contribution is 2.49. The molecule has 0 saturated carbocycles. The number of benzene rings is 1. The van der Waals surface area contributed by atoms with Crippen molar-refractivity contribution in [1.82, 2.24) is 0 Å². The molecule has 3 N–H and O–H groups in total. The van der Waals surface area contributed by atoms with E-state index in [1.807, 2.05) is 0 Å². The van der Waals surface area contributed by atoms with Gasteiger partial charge in [-0.25, -0.2) is 4.79 Å². The summed E-state index contributed by atoms with van der Waals surface area (Å²) in [5.74, 6) is -2.09. The second-order valence-corrected chi connectivity index (χ2v) is 8.85. The van der Waals surface area contributed by atoms with E-state index in [-0.39, 0.29) is 17.1 Å². The summed E-state index contributed by atoms with van der Waals surface area (Å²) < 4.78 is 12.0. The molecular formula is C27H46O6. The average molecular weight is 467 g/mol. The van der Waals surface area contributed by atoms with Gasteiger partial charge in [-0.3, -0.25) is 0 Å². The third-order valence-corrected chi connectivity index (χ3v) is 5.94. The highest BCUT2D eigenvalue weighted by atomic mass is 16.5. The van der Waals surface area contributed by atoms with E-state index in [0.717, 1.165) is 77.0 Å². The molecule has 190 valence electrons. The molecule has 0 aromatic heterocycles. The molecule has 0 aliphatic rings. The van der Waals surface area contributed by atoms with E-state index in [1.165, 1.54) is 12.8 Å². The van der Waals surface area contributed by atoms with Crippen LogP contribution < -0.4 is 9.47 Å². The summed E-state index contributed by atoms with van der Waals surface area (Å²) in [7, 11) is 0. The molecule has 0 unspecified atom stereocenters. The van der Waals surface area contributed by atoms with Crippen LogP contribution in [0.2, 0.25) is 0 Å². The van der Waals surface area contributed by atoms with Crippen LogP contribution in [0.4, 0.5) is 0 Å². The van der Waals surface area contributed by atoms with Gasteiger partial charge in [-0.15, -0.1) is 0 Å². The fourth-order valence-corrected chi connectivity index (χ4v) is 3.97. The van der Waals surface area contributed by atoms with Crippen LogP contribution in [0.1, 0.15) is 127 Å². The predicted octanol–water partition coefficient (Wildman–Crippen LogP) is 7.62. The molecule has 1 rings (SSSR count). The third-order valence-electron chi connectivity index (χ3n) is 5.94. The van der Waals surface area contributed by atoms with Crippen molar-refractivity contribution in [2.75, 3.05) is 13.2 Å². The standard InChI is InChI=1S/C27H46O6/c1-4-7-10-13-16-19-32-25-21(18-15-12-9-6-3)22(27(30)31)23(28)24(29)26(25)33-20-17-14-11-8-5-2/h28-29H,4-20H2,1-3H3,(H,30,31). The minimum Gasteiger partial charge on any atom is -0.504 e. The van der Waals surface area contributed by atoms with Crippen molar-refractivity contribution in [2.24, 2.45) is 0 Å². The number of ether oxygens (including phenoxy) is 2. The lowest BCUT2D eigenvalue weighted by atomic mass is 9.97. The Morgan fingerprint density at radius 3 is 1.58 bits per heavy atom. The number of hydrogen-bond acceptors (Lipinski definition) is 5. The minimum atomic E-state index is -1.27. The Kier molecular flexibility index (Phi) is 15.2. The van der Waals surface area contributed by atoms with E-state index in [2.05, 4.69) is 20.8 Å². The smallest absolute Gasteiger partial charge is 0.340 e. The molecular weight excluding hydrogens is 420 g/mol. The number of hydrogen-bond donors (Lipinski definition) is 3. The molecule has 0 spiro atoms. The molecule has 6 nitrogen and oxygen atoms in total. The van der Waals surface area contributed by atoms with Crippen molar-refractivity contribution in [1.29, 1.82) is 0 Å². The summed E-state index contributed by atoms with van der Waals surface area (Å²) in [5, 5.41) is 31.0. The van der Waals surface area contributed by atoms with Gasteiger partial charge in [-0.05, 0) is 25.7 Å². The summed E-state index contributed by atoms with van der Waals surface area (Å²) >= 11 is 0. The van der Waals surface area contributed by atoms with Crippen molar-refractivity contribution in [3.8, 4) is 23.0 Å². The van der Waals surface area contributed by atoms with Crippen LogP contribution >= 0.6 is 0 Å². The van der Waals surface area contributed by atoms with Crippen molar-refractivity contribution in [3.05, 3.63) is 11.1 Å². The molecule has 33 heavy (non-hydrogen) atoms. The highest BCUT2D eigenvalue weighted by Gasteiger charge is 2.29. The zero-order valence-electron chi connectivity index (χ0n) is 21.1. The topological polar surface area (TPSA) is 96.2 Å². The van der Waals surface area contributed by atoms with Crippen LogP contribution in [0, 0.1) is 0 Å². The van der Waals surface area contributed by atoms with E-state index in [1.54, 1.807) is 0 Å². The van der Waals surface area contributed by atoms with E-state index < -0.39 is 17.5 Å². The van der Waals surface area contributed by atoms with Gasteiger partial charge < -0.3 is 24.8 Å². The van der Waals surface area contributed by atoms with Gasteiger partial charge in [0.2, 0.25) is 11.5 Å².